The van der Waals surface area contributed by atoms with Crippen molar-refractivity contribution in [3.63, 3.8) is 0 Å². The van der Waals surface area contributed by atoms with Gasteiger partial charge < -0.3 is 5.73 Å². The third-order valence-corrected chi connectivity index (χ3v) is 2.24. The van der Waals surface area contributed by atoms with Gasteiger partial charge in [-0.05, 0) is 13.3 Å². The third-order valence-electron chi connectivity index (χ3n) is 2.24. The lowest BCUT2D eigenvalue weighted by molar-refractivity contribution is -0.139. The number of rotatable bonds is 3. The average molecular weight is 182 g/mol. The molecule has 0 aliphatic carbocycles. The number of hydrogen-bond donors (Lipinski definition) is 1. The zero-order valence-electron chi connectivity index (χ0n) is 7.91. The Balaban J connectivity index is 2.83. The van der Waals surface area contributed by atoms with Crippen molar-refractivity contribution in [2.45, 2.75) is 26.3 Å². The molecule has 0 aromatic heterocycles. The molecule has 72 valence electrons. The summed E-state index contributed by atoms with van der Waals surface area (Å²) in [4.78, 5) is 24.0. The summed E-state index contributed by atoms with van der Waals surface area (Å²) in [5.74, 6) is -0.442. The fraction of sp³-hybridized carbons (Fsp3) is 0.556. The van der Waals surface area contributed by atoms with Crippen LogP contribution in [-0.2, 0) is 9.59 Å². The smallest absolute Gasteiger partial charge is 0.256 e. The Morgan fingerprint density at radius 2 is 2.15 bits per heavy atom. The number of nitrogens with two attached hydrogens (primary N) is 1. The maximum absolute atomic E-state index is 11.5. The number of nitrogens with zero attached hydrogens (tertiary/aromatic N) is 1. The highest BCUT2D eigenvalue weighted by molar-refractivity contribution is 6.16. The molecule has 0 radical (unpaired) electrons. The monoisotopic (exact) mass is 182 g/mol. The highest BCUT2D eigenvalue weighted by Crippen LogP contribution is 2.16. The van der Waals surface area contributed by atoms with Crippen LogP contribution in [0, 0.1) is 0 Å². The van der Waals surface area contributed by atoms with E-state index in [0.29, 0.717) is 18.5 Å². The number of carbonyl (C=O) groups is 2. The summed E-state index contributed by atoms with van der Waals surface area (Å²) in [5, 5.41) is 0. The topological polar surface area (TPSA) is 63.4 Å². The molecule has 1 unspecified atom stereocenters. The van der Waals surface area contributed by atoms with E-state index < -0.39 is 0 Å². The summed E-state index contributed by atoms with van der Waals surface area (Å²) < 4.78 is 0. The second-order valence-corrected chi connectivity index (χ2v) is 3.14. The molecule has 0 saturated carbocycles. The first kappa shape index (κ1) is 9.92. The minimum atomic E-state index is -0.236. The van der Waals surface area contributed by atoms with Gasteiger partial charge >= 0.3 is 0 Å². The van der Waals surface area contributed by atoms with Crippen molar-refractivity contribution < 1.29 is 9.59 Å². The molecule has 4 heteroatoms. The lowest BCUT2D eigenvalue weighted by atomic mass is 10.2. The molecule has 2 N–H and O–H groups in total. The van der Waals surface area contributed by atoms with Gasteiger partial charge in [-0.15, -0.1) is 0 Å². The first-order chi connectivity index (χ1) is 6.11. The minimum Gasteiger partial charge on any atom is -0.328 e. The van der Waals surface area contributed by atoms with Gasteiger partial charge in [-0.1, -0.05) is 6.92 Å². The highest BCUT2D eigenvalue weighted by Gasteiger charge is 2.32. The number of imide groups is 1. The van der Waals surface area contributed by atoms with Crippen molar-refractivity contribution in [1.82, 2.24) is 4.90 Å². The van der Waals surface area contributed by atoms with Gasteiger partial charge in [0.2, 0.25) is 0 Å². The van der Waals surface area contributed by atoms with Crippen LogP contribution in [0.25, 0.3) is 0 Å². The van der Waals surface area contributed by atoms with Gasteiger partial charge in [0.05, 0.1) is 6.04 Å². The second-order valence-electron chi connectivity index (χ2n) is 3.14. The van der Waals surface area contributed by atoms with Crippen molar-refractivity contribution in [1.29, 1.82) is 0 Å². The maximum atomic E-state index is 11.5. The number of hydrogen-bond acceptors (Lipinski definition) is 3. The Bertz CT molecular complexity index is 267. The van der Waals surface area contributed by atoms with Crippen molar-refractivity contribution in [3.05, 3.63) is 11.6 Å². The molecule has 0 saturated heterocycles. The number of carbonyl (C=O) groups excluding carboxylic acids is 2. The average Bonchev–Trinajstić information content (AvgIpc) is 2.34. The molecule has 13 heavy (non-hydrogen) atoms. The molecule has 1 aliphatic heterocycles. The predicted octanol–water partition coefficient (Wildman–Crippen LogP) is 0.0388. The molecule has 4 nitrogen and oxygen atoms in total. The number of amides is 2. The van der Waals surface area contributed by atoms with Crippen LogP contribution in [0.15, 0.2) is 11.6 Å². The second kappa shape index (κ2) is 3.70. The molecule has 0 fully saturated rings. The summed E-state index contributed by atoms with van der Waals surface area (Å²) in [6.45, 7) is 3.88. The van der Waals surface area contributed by atoms with E-state index in [1.165, 1.54) is 11.0 Å². The van der Waals surface area contributed by atoms with Gasteiger partial charge in [0.15, 0.2) is 0 Å². The van der Waals surface area contributed by atoms with Crippen LogP contribution in [0.5, 0.6) is 0 Å². The normalized spacial score (nSPS) is 19.3. The molecule has 1 aliphatic rings. The van der Waals surface area contributed by atoms with E-state index in [9.17, 15) is 9.59 Å². The van der Waals surface area contributed by atoms with Crippen molar-refractivity contribution in [3.8, 4) is 0 Å². The van der Waals surface area contributed by atoms with Crippen LogP contribution in [0.4, 0.5) is 0 Å². The Kier molecular flexibility index (Phi) is 2.83. The molecule has 0 aromatic rings. The lowest BCUT2D eigenvalue weighted by Crippen LogP contribution is -2.44. The van der Waals surface area contributed by atoms with E-state index in [1.54, 1.807) is 6.92 Å². The van der Waals surface area contributed by atoms with Crippen LogP contribution < -0.4 is 5.73 Å². The van der Waals surface area contributed by atoms with Crippen molar-refractivity contribution >= 4 is 11.8 Å². The van der Waals surface area contributed by atoms with Crippen LogP contribution >= 0.6 is 0 Å². The highest BCUT2D eigenvalue weighted by atomic mass is 16.2. The molecule has 0 aromatic carbocycles. The Morgan fingerprint density at radius 1 is 1.54 bits per heavy atom. The summed E-state index contributed by atoms with van der Waals surface area (Å²) in [6, 6.07) is -0.159. The zero-order chi connectivity index (χ0) is 10.0. The summed E-state index contributed by atoms with van der Waals surface area (Å²) in [7, 11) is 0. The van der Waals surface area contributed by atoms with E-state index in [2.05, 4.69) is 0 Å². The first-order valence-electron chi connectivity index (χ1n) is 4.37. The Labute approximate surface area is 77.4 Å². The third kappa shape index (κ3) is 1.62. The molecule has 1 rings (SSSR count). The SMILES string of the molecule is CCC(CN)N1C(=O)C=C(C)C1=O. The fourth-order valence-corrected chi connectivity index (χ4v) is 1.41. The maximum Gasteiger partial charge on any atom is 0.256 e. The van der Waals surface area contributed by atoms with Gasteiger partial charge in [0.1, 0.15) is 0 Å². The minimum absolute atomic E-state index is 0.159. The quantitative estimate of drug-likeness (QED) is 0.627. The van der Waals surface area contributed by atoms with Gasteiger partial charge in [-0.2, -0.15) is 0 Å². The zero-order valence-corrected chi connectivity index (χ0v) is 7.91. The molecule has 0 spiro atoms. The molecule has 1 atom stereocenters. The van der Waals surface area contributed by atoms with E-state index in [1.807, 2.05) is 6.92 Å². The van der Waals surface area contributed by atoms with E-state index in [0.717, 1.165) is 0 Å². The van der Waals surface area contributed by atoms with Crippen LogP contribution in [-0.4, -0.2) is 29.3 Å². The summed E-state index contributed by atoms with van der Waals surface area (Å²) >= 11 is 0. The van der Waals surface area contributed by atoms with Gasteiger partial charge in [-0.3, -0.25) is 14.5 Å². The molecule has 2 amide bonds. The van der Waals surface area contributed by atoms with E-state index in [-0.39, 0.29) is 17.9 Å². The standard InChI is InChI=1S/C9H14N2O2/c1-3-7(5-10)11-8(12)4-6(2)9(11)13/h4,7H,3,5,10H2,1-2H3. The molecular weight excluding hydrogens is 168 g/mol. The summed E-state index contributed by atoms with van der Waals surface area (Å²) in [6.07, 6.45) is 2.07. The van der Waals surface area contributed by atoms with Gasteiger partial charge in [0.25, 0.3) is 11.8 Å². The molecule has 1 heterocycles. The van der Waals surface area contributed by atoms with E-state index in [4.69, 9.17) is 5.73 Å². The predicted molar refractivity (Wildman–Crippen MR) is 48.7 cm³/mol. The summed E-state index contributed by atoms with van der Waals surface area (Å²) in [5.41, 5.74) is 5.96. The van der Waals surface area contributed by atoms with Crippen LogP contribution in [0.1, 0.15) is 20.3 Å². The van der Waals surface area contributed by atoms with Crippen molar-refractivity contribution in [2.75, 3.05) is 6.54 Å². The molecular formula is C9H14N2O2. The largest absolute Gasteiger partial charge is 0.328 e. The van der Waals surface area contributed by atoms with Crippen molar-refractivity contribution in [2.24, 2.45) is 5.73 Å². The van der Waals surface area contributed by atoms with E-state index >= 15 is 0 Å². The Morgan fingerprint density at radius 3 is 2.46 bits per heavy atom. The lowest BCUT2D eigenvalue weighted by Gasteiger charge is -2.23. The van der Waals surface area contributed by atoms with Crippen LogP contribution in [0.3, 0.4) is 0 Å². The fourth-order valence-electron chi connectivity index (χ4n) is 1.41. The Hall–Kier alpha value is -1.16. The van der Waals surface area contributed by atoms with Gasteiger partial charge in [-0.25, -0.2) is 0 Å². The van der Waals surface area contributed by atoms with Gasteiger partial charge in [0, 0.05) is 18.2 Å². The van der Waals surface area contributed by atoms with Crippen LogP contribution in [0.2, 0.25) is 0 Å². The first-order valence-corrected chi connectivity index (χ1v) is 4.37. The molecule has 0 bridgehead atoms.